The van der Waals surface area contributed by atoms with Gasteiger partial charge in [-0.2, -0.15) is 0 Å². The second-order valence-electron chi connectivity index (χ2n) is 8.61. The van der Waals surface area contributed by atoms with Crippen molar-refractivity contribution < 1.29 is 9.53 Å². The van der Waals surface area contributed by atoms with E-state index in [0.717, 1.165) is 33.8 Å². The van der Waals surface area contributed by atoms with Crippen LogP contribution >= 0.6 is 0 Å². The number of hydrogen-bond donors (Lipinski definition) is 1. The van der Waals surface area contributed by atoms with Gasteiger partial charge in [-0.05, 0) is 60.9 Å². The van der Waals surface area contributed by atoms with Crippen molar-refractivity contribution in [3.05, 3.63) is 119 Å². The molecule has 2 amide bonds. The topological polar surface area (TPSA) is 46.5 Å². The molecule has 1 atom stereocenters. The molecule has 34 heavy (non-hydrogen) atoms. The molecule has 0 spiro atoms. The number of fused-ring (bicyclic) bond motifs is 3. The Morgan fingerprint density at radius 1 is 0.971 bits per heavy atom. The van der Waals surface area contributed by atoms with Gasteiger partial charge in [0.1, 0.15) is 5.75 Å². The Bertz CT molecular complexity index is 1280. The van der Waals surface area contributed by atoms with Gasteiger partial charge in [0.25, 0.3) is 0 Å². The standard InChI is InChI=1S/C29H29N3O2/c1-3-34-25-16-14-23(15-17-25)28-27-9-6-18-31(27)26-8-5-4-7-24(26)20-32(28)29(33)30-19-22-12-10-21(2)11-13-22/h4-18,28H,3,19-20H2,1-2H3,(H,30,33)/t28-/m0/s1. The molecule has 5 heteroatoms. The summed E-state index contributed by atoms with van der Waals surface area (Å²) in [6.07, 6.45) is 2.07. The van der Waals surface area contributed by atoms with Gasteiger partial charge in [-0.25, -0.2) is 4.79 Å². The molecule has 0 bridgehead atoms. The first-order chi connectivity index (χ1) is 16.6. The number of benzene rings is 3. The average Bonchev–Trinajstić information content (AvgIpc) is 3.29. The van der Waals surface area contributed by atoms with Gasteiger partial charge in [-0.1, -0.05) is 60.2 Å². The zero-order valence-electron chi connectivity index (χ0n) is 19.6. The first-order valence-corrected chi connectivity index (χ1v) is 11.7. The molecule has 172 valence electrons. The molecule has 5 nitrogen and oxygen atoms in total. The van der Waals surface area contributed by atoms with E-state index in [-0.39, 0.29) is 12.1 Å². The van der Waals surface area contributed by atoms with Gasteiger partial charge < -0.3 is 19.5 Å². The molecule has 4 aromatic rings. The molecular formula is C29H29N3O2. The number of carbonyl (C=O) groups excluding carboxylic acids is 1. The number of hydrogen-bond acceptors (Lipinski definition) is 2. The highest BCUT2D eigenvalue weighted by Gasteiger charge is 2.32. The Morgan fingerprint density at radius 3 is 2.50 bits per heavy atom. The highest BCUT2D eigenvalue weighted by molar-refractivity contribution is 5.76. The van der Waals surface area contributed by atoms with E-state index in [2.05, 4.69) is 77.6 Å². The molecule has 1 aliphatic rings. The second-order valence-corrected chi connectivity index (χ2v) is 8.61. The summed E-state index contributed by atoms with van der Waals surface area (Å²) in [6.45, 7) is 5.65. The minimum atomic E-state index is -0.240. The Morgan fingerprint density at radius 2 is 1.74 bits per heavy atom. The van der Waals surface area contributed by atoms with Gasteiger partial charge in [0.15, 0.2) is 0 Å². The van der Waals surface area contributed by atoms with Crippen LogP contribution in [0.15, 0.2) is 91.1 Å². The van der Waals surface area contributed by atoms with E-state index >= 15 is 0 Å². The SMILES string of the molecule is CCOc1ccc([C@H]2c3cccn3-c3ccccc3CN2C(=O)NCc2ccc(C)cc2)cc1. The van der Waals surface area contributed by atoms with E-state index in [9.17, 15) is 4.79 Å². The number of ether oxygens (including phenoxy) is 1. The van der Waals surface area contributed by atoms with Crippen molar-refractivity contribution >= 4 is 6.03 Å². The molecule has 1 aromatic heterocycles. The third-order valence-electron chi connectivity index (χ3n) is 6.30. The summed E-state index contributed by atoms with van der Waals surface area (Å²) >= 11 is 0. The van der Waals surface area contributed by atoms with Crippen LogP contribution in [0.2, 0.25) is 0 Å². The minimum absolute atomic E-state index is 0.0936. The van der Waals surface area contributed by atoms with Gasteiger partial charge in [0.05, 0.1) is 24.9 Å². The van der Waals surface area contributed by atoms with Crippen molar-refractivity contribution in [3.63, 3.8) is 0 Å². The molecule has 0 radical (unpaired) electrons. The van der Waals surface area contributed by atoms with Gasteiger partial charge in [-0.15, -0.1) is 0 Å². The van der Waals surface area contributed by atoms with E-state index in [1.165, 1.54) is 5.56 Å². The van der Waals surface area contributed by atoms with Crippen LogP contribution in [-0.4, -0.2) is 22.1 Å². The summed E-state index contributed by atoms with van der Waals surface area (Å²) in [7, 11) is 0. The van der Waals surface area contributed by atoms with Crippen molar-refractivity contribution in [2.75, 3.05) is 6.61 Å². The van der Waals surface area contributed by atoms with Crippen LogP contribution < -0.4 is 10.1 Å². The van der Waals surface area contributed by atoms with Crippen molar-refractivity contribution in [1.82, 2.24) is 14.8 Å². The predicted octanol–water partition coefficient (Wildman–Crippen LogP) is 6.00. The molecule has 0 aliphatic carbocycles. The molecule has 1 N–H and O–H groups in total. The molecule has 0 saturated carbocycles. The zero-order valence-corrected chi connectivity index (χ0v) is 19.6. The van der Waals surface area contributed by atoms with Crippen LogP contribution in [0.4, 0.5) is 4.79 Å². The highest BCUT2D eigenvalue weighted by Crippen LogP contribution is 2.37. The summed E-state index contributed by atoms with van der Waals surface area (Å²) < 4.78 is 7.85. The summed E-state index contributed by atoms with van der Waals surface area (Å²) in [4.78, 5) is 15.6. The fraction of sp³-hybridized carbons (Fsp3) is 0.207. The Hall–Kier alpha value is -3.99. The first-order valence-electron chi connectivity index (χ1n) is 11.7. The molecular weight excluding hydrogens is 422 g/mol. The van der Waals surface area contributed by atoms with E-state index in [0.29, 0.717) is 19.7 Å². The summed E-state index contributed by atoms with van der Waals surface area (Å²) in [5.74, 6) is 0.828. The fourth-order valence-electron chi connectivity index (χ4n) is 4.59. The maximum atomic E-state index is 13.7. The Labute approximate surface area is 200 Å². The number of para-hydroxylation sites is 1. The normalized spacial score (nSPS) is 14.6. The first kappa shape index (κ1) is 21.8. The lowest BCUT2D eigenvalue weighted by Gasteiger charge is -2.31. The molecule has 0 fully saturated rings. The number of nitrogens with one attached hydrogen (secondary N) is 1. The Balaban J connectivity index is 1.52. The lowest BCUT2D eigenvalue weighted by molar-refractivity contribution is 0.180. The monoisotopic (exact) mass is 451 g/mol. The minimum Gasteiger partial charge on any atom is -0.494 e. The van der Waals surface area contributed by atoms with E-state index < -0.39 is 0 Å². The molecule has 3 aromatic carbocycles. The third-order valence-corrected chi connectivity index (χ3v) is 6.30. The maximum Gasteiger partial charge on any atom is 0.318 e. The quantitative estimate of drug-likeness (QED) is 0.405. The van der Waals surface area contributed by atoms with Crippen LogP contribution in [-0.2, 0) is 13.1 Å². The largest absolute Gasteiger partial charge is 0.494 e. The second kappa shape index (κ2) is 9.48. The summed E-state index contributed by atoms with van der Waals surface area (Å²) in [5.41, 5.74) is 6.60. The number of aromatic nitrogens is 1. The van der Waals surface area contributed by atoms with Gasteiger partial charge >= 0.3 is 6.03 Å². The average molecular weight is 452 g/mol. The molecule has 2 heterocycles. The molecule has 0 unspecified atom stereocenters. The number of amides is 2. The lowest BCUT2D eigenvalue weighted by Crippen LogP contribution is -2.41. The zero-order chi connectivity index (χ0) is 23.5. The van der Waals surface area contributed by atoms with Gasteiger partial charge in [0, 0.05) is 18.4 Å². The smallest absolute Gasteiger partial charge is 0.318 e. The number of aryl methyl sites for hydroxylation is 1. The van der Waals surface area contributed by atoms with Crippen LogP contribution in [0.1, 0.15) is 40.9 Å². The Kier molecular flexibility index (Phi) is 6.09. The third kappa shape index (κ3) is 4.29. The number of urea groups is 1. The van der Waals surface area contributed by atoms with E-state index in [1.54, 1.807) is 0 Å². The highest BCUT2D eigenvalue weighted by atomic mass is 16.5. The molecule has 1 aliphatic heterocycles. The number of nitrogens with zero attached hydrogens (tertiary/aromatic N) is 2. The fourth-order valence-corrected chi connectivity index (χ4v) is 4.59. The van der Waals surface area contributed by atoms with Crippen LogP contribution in [0.25, 0.3) is 5.69 Å². The lowest BCUT2D eigenvalue weighted by atomic mass is 10.0. The van der Waals surface area contributed by atoms with Crippen molar-refractivity contribution in [1.29, 1.82) is 0 Å². The van der Waals surface area contributed by atoms with E-state index in [4.69, 9.17) is 4.74 Å². The van der Waals surface area contributed by atoms with E-state index in [1.807, 2.05) is 42.2 Å². The summed E-state index contributed by atoms with van der Waals surface area (Å²) in [5, 5.41) is 3.15. The van der Waals surface area contributed by atoms with Crippen molar-refractivity contribution in [2.45, 2.75) is 33.0 Å². The number of rotatable bonds is 5. The molecule has 5 rings (SSSR count). The molecule has 0 saturated heterocycles. The summed E-state index contributed by atoms with van der Waals surface area (Å²) in [6, 6.07) is 28.4. The van der Waals surface area contributed by atoms with Crippen LogP contribution in [0.3, 0.4) is 0 Å². The van der Waals surface area contributed by atoms with Crippen LogP contribution in [0, 0.1) is 6.92 Å². The maximum absolute atomic E-state index is 13.7. The van der Waals surface area contributed by atoms with Crippen molar-refractivity contribution in [2.24, 2.45) is 0 Å². The van der Waals surface area contributed by atoms with Crippen LogP contribution in [0.5, 0.6) is 5.75 Å². The van der Waals surface area contributed by atoms with Gasteiger partial charge in [0.2, 0.25) is 0 Å². The van der Waals surface area contributed by atoms with Crippen molar-refractivity contribution in [3.8, 4) is 11.4 Å². The van der Waals surface area contributed by atoms with Gasteiger partial charge in [-0.3, -0.25) is 0 Å². The number of carbonyl (C=O) groups is 1. The predicted molar refractivity (Wildman–Crippen MR) is 134 cm³/mol.